The number of fused-ring (bicyclic) bond motifs is 1. The molecule has 0 saturated carbocycles. The minimum Gasteiger partial charge on any atom is -0.454 e. The van der Waals surface area contributed by atoms with Crippen molar-refractivity contribution in [1.29, 1.82) is 0 Å². The minimum atomic E-state index is -0.319. The maximum atomic E-state index is 14.0. The molecule has 2 aromatic carbocycles. The summed E-state index contributed by atoms with van der Waals surface area (Å²) in [4.78, 5) is 0. The van der Waals surface area contributed by atoms with Crippen LogP contribution in [-0.4, -0.2) is 7.05 Å². The zero-order valence-electron chi connectivity index (χ0n) is 12.3. The highest BCUT2D eigenvalue weighted by Gasteiger charge is 2.13. The molecule has 0 heterocycles. The first-order valence-electron chi connectivity index (χ1n) is 7.49. The van der Waals surface area contributed by atoms with Gasteiger partial charge in [-0.25, -0.2) is 4.39 Å². The van der Waals surface area contributed by atoms with E-state index in [2.05, 4.69) is 17.4 Å². The van der Waals surface area contributed by atoms with Crippen LogP contribution in [0.5, 0.6) is 11.5 Å². The normalized spacial score (nSPS) is 13.8. The number of para-hydroxylation sites is 1. The molecule has 110 valence electrons. The van der Waals surface area contributed by atoms with Crippen LogP contribution in [0.4, 0.5) is 4.39 Å². The van der Waals surface area contributed by atoms with E-state index >= 15 is 0 Å². The van der Waals surface area contributed by atoms with Crippen LogP contribution in [0.1, 0.15) is 29.5 Å². The van der Waals surface area contributed by atoms with Gasteiger partial charge in [-0.2, -0.15) is 0 Å². The predicted octanol–water partition coefficient (Wildman–Crippen LogP) is 4.22. The zero-order chi connectivity index (χ0) is 14.7. The van der Waals surface area contributed by atoms with Crippen molar-refractivity contribution in [1.82, 2.24) is 5.32 Å². The van der Waals surface area contributed by atoms with Gasteiger partial charge in [0.1, 0.15) is 5.75 Å². The third-order valence-electron chi connectivity index (χ3n) is 3.96. The summed E-state index contributed by atoms with van der Waals surface area (Å²) < 4.78 is 19.9. The van der Waals surface area contributed by atoms with Crippen molar-refractivity contribution in [3.8, 4) is 11.5 Å². The highest BCUT2D eigenvalue weighted by Crippen LogP contribution is 2.31. The molecule has 0 aromatic heterocycles. The second-order valence-electron chi connectivity index (χ2n) is 5.50. The summed E-state index contributed by atoms with van der Waals surface area (Å²) in [5.74, 6) is 0.723. The fourth-order valence-electron chi connectivity index (χ4n) is 2.89. The Morgan fingerprint density at radius 1 is 1.10 bits per heavy atom. The summed E-state index contributed by atoms with van der Waals surface area (Å²) in [7, 11) is 1.84. The molecular formula is C18H20FNO. The summed E-state index contributed by atoms with van der Waals surface area (Å²) in [5.41, 5.74) is 3.57. The fraction of sp³-hybridized carbons (Fsp3) is 0.333. The predicted molar refractivity (Wildman–Crippen MR) is 82.3 cm³/mol. The number of halogens is 1. The third-order valence-corrected chi connectivity index (χ3v) is 3.96. The quantitative estimate of drug-likeness (QED) is 0.908. The first kappa shape index (κ1) is 14.1. The lowest BCUT2D eigenvalue weighted by Crippen LogP contribution is -2.07. The average Bonchev–Trinajstić information content (AvgIpc) is 2.51. The summed E-state index contributed by atoms with van der Waals surface area (Å²) in [6.07, 6.45) is 4.71. The van der Waals surface area contributed by atoms with Crippen LogP contribution in [-0.2, 0) is 19.4 Å². The van der Waals surface area contributed by atoms with Gasteiger partial charge in [0.15, 0.2) is 11.6 Å². The summed E-state index contributed by atoms with van der Waals surface area (Å²) in [6, 6.07) is 11.1. The Hall–Kier alpha value is -1.87. The Balaban J connectivity index is 1.90. The molecule has 0 fully saturated rings. The molecule has 0 spiro atoms. The van der Waals surface area contributed by atoms with Gasteiger partial charge in [0, 0.05) is 12.1 Å². The standard InChI is InChI=1S/C18H20FNO/c1-20-12-15-7-4-8-17(19)18(15)21-16-10-9-13-5-2-3-6-14(13)11-16/h4,7-11,20H,2-3,5-6,12H2,1H3. The lowest BCUT2D eigenvalue weighted by atomic mass is 9.92. The Labute approximate surface area is 125 Å². The van der Waals surface area contributed by atoms with E-state index < -0.39 is 0 Å². The smallest absolute Gasteiger partial charge is 0.167 e. The first-order valence-corrected chi connectivity index (χ1v) is 7.49. The van der Waals surface area contributed by atoms with E-state index in [1.54, 1.807) is 6.07 Å². The topological polar surface area (TPSA) is 21.3 Å². The molecule has 1 aliphatic rings. The molecule has 2 nitrogen and oxygen atoms in total. The van der Waals surface area contributed by atoms with Crippen molar-refractivity contribution in [2.45, 2.75) is 32.2 Å². The minimum absolute atomic E-state index is 0.319. The van der Waals surface area contributed by atoms with Crippen molar-refractivity contribution in [2.24, 2.45) is 0 Å². The van der Waals surface area contributed by atoms with E-state index in [1.807, 2.05) is 19.2 Å². The van der Waals surface area contributed by atoms with Gasteiger partial charge < -0.3 is 10.1 Å². The van der Waals surface area contributed by atoms with E-state index in [1.165, 1.54) is 30.0 Å². The average molecular weight is 285 g/mol. The monoisotopic (exact) mass is 285 g/mol. The molecule has 0 atom stereocenters. The van der Waals surface area contributed by atoms with Crippen molar-refractivity contribution in [3.05, 3.63) is 58.9 Å². The molecule has 0 unspecified atom stereocenters. The second-order valence-corrected chi connectivity index (χ2v) is 5.50. The number of hydrogen-bond acceptors (Lipinski definition) is 2. The molecule has 21 heavy (non-hydrogen) atoms. The second kappa shape index (κ2) is 6.27. The van der Waals surface area contributed by atoms with Gasteiger partial charge in [-0.3, -0.25) is 0 Å². The van der Waals surface area contributed by atoms with Crippen LogP contribution in [0.25, 0.3) is 0 Å². The number of benzene rings is 2. The molecule has 2 aromatic rings. The highest BCUT2D eigenvalue weighted by atomic mass is 19.1. The molecular weight excluding hydrogens is 265 g/mol. The highest BCUT2D eigenvalue weighted by molar-refractivity contribution is 5.42. The van der Waals surface area contributed by atoms with Crippen LogP contribution >= 0.6 is 0 Å². The van der Waals surface area contributed by atoms with E-state index in [9.17, 15) is 4.39 Å². The van der Waals surface area contributed by atoms with Crippen molar-refractivity contribution in [2.75, 3.05) is 7.05 Å². The van der Waals surface area contributed by atoms with Gasteiger partial charge >= 0.3 is 0 Å². The van der Waals surface area contributed by atoms with Crippen LogP contribution < -0.4 is 10.1 Å². The Kier molecular flexibility index (Phi) is 4.20. The van der Waals surface area contributed by atoms with E-state index in [0.717, 1.165) is 24.2 Å². The molecule has 0 saturated heterocycles. The largest absolute Gasteiger partial charge is 0.454 e. The van der Waals surface area contributed by atoms with Crippen molar-refractivity contribution >= 4 is 0 Å². The SMILES string of the molecule is CNCc1cccc(F)c1Oc1ccc2c(c1)CCCC2. The molecule has 3 heteroatoms. The maximum Gasteiger partial charge on any atom is 0.167 e. The first-order chi connectivity index (χ1) is 10.3. The van der Waals surface area contributed by atoms with Crippen LogP contribution in [0.3, 0.4) is 0 Å². The van der Waals surface area contributed by atoms with Gasteiger partial charge in [-0.05, 0) is 62.1 Å². The van der Waals surface area contributed by atoms with Crippen LogP contribution in [0.15, 0.2) is 36.4 Å². The van der Waals surface area contributed by atoms with Gasteiger partial charge in [-0.1, -0.05) is 18.2 Å². The Bertz CT molecular complexity index is 639. The zero-order valence-corrected chi connectivity index (χ0v) is 12.3. The van der Waals surface area contributed by atoms with Crippen molar-refractivity contribution in [3.63, 3.8) is 0 Å². The third kappa shape index (κ3) is 3.08. The van der Waals surface area contributed by atoms with Crippen molar-refractivity contribution < 1.29 is 9.13 Å². The number of ether oxygens (including phenoxy) is 1. The summed E-state index contributed by atoms with van der Waals surface area (Å²) in [5, 5.41) is 3.04. The van der Waals surface area contributed by atoms with E-state index in [4.69, 9.17) is 4.74 Å². The van der Waals surface area contributed by atoms with Gasteiger partial charge in [-0.15, -0.1) is 0 Å². The van der Waals surface area contributed by atoms with Crippen LogP contribution in [0, 0.1) is 5.82 Å². The lowest BCUT2D eigenvalue weighted by molar-refractivity contribution is 0.433. The van der Waals surface area contributed by atoms with Gasteiger partial charge in [0.2, 0.25) is 0 Å². The number of aryl methyl sites for hydroxylation is 2. The van der Waals surface area contributed by atoms with Gasteiger partial charge in [0.25, 0.3) is 0 Å². The van der Waals surface area contributed by atoms with Crippen LogP contribution in [0.2, 0.25) is 0 Å². The molecule has 0 amide bonds. The molecule has 3 rings (SSSR count). The molecule has 0 aliphatic heterocycles. The van der Waals surface area contributed by atoms with E-state index in [-0.39, 0.29) is 5.82 Å². The maximum absolute atomic E-state index is 14.0. The number of nitrogens with one attached hydrogen (secondary N) is 1. The Morgan fingerprint density at radius 2 is 1.90 bits per heavy atom. The molecule has 1 aliphatic carbocycles. The Morgan fingerprint density at radius 3 is 2.71 bits per heavy atom. The summed E-state index contributed by atoms with van der Waals surface area (Å²) >= 11 is 0. The molecule has 0 bridgehead atoms. The van der Waals surface area contributed by atoms with Gasteiger partial charge in [0.05, 0.1) is 0 Å². The lowest BCUT2D eigenvalue weighted by Gasteiger charge is -2.17. The fourth-order valence-corrected chi connectivity index (χ4v) is 2.89. The number of hydrogen-bond donors (Lipinski definition) is 1. The summed E-state index contributed by atoms with van der Waals surface area (Å²) in [6.45, 7) is 0.581. The molecule has 1 N–H and O–H groups in total. The number of rotatable bonds is 4. The molecule has 0 radical (unpaired) electrons. The van der Waals surface area contributed by atoms with E-state index in [0.29, 0.717) is 12.3 Å².